The van der Waals surface area contributed by atoms with Crippen LogP contribution < -0.4 is 10.6 Å². The Morgan fingerprint density at radius 3 is 2.88 bits per heavy atom. The first-order valence-electron chi connectivity index (χ1n) is 4.56. The molecule has 0 saturated carbocycles. The van der Waals surface area contributed by atoms with E-state index in [9.17, 15) is 9.32 Å². The lowest BCUT2D eigenvalue weighted by Gasteiger charge is -2.06. The Balaban J connectivity index is 2.36. The number of anilines is 1. The van der Waals surface area contributed by atoms with E-state index in [1.54, 1.807) is 0 Å². The van der Waals surface area contributed by atoms with E-state index in [2.05, 4.69) is 25.5 Å². The van der Waals surface area contributed by atoms with Crippen LogP contribution in [0.25, 0.3) is 0 Å². The van der Waals surface area contributed by atoms with E-state index < -0.39 is 0 Å². The molecule has 0 aliphatic heterocycles. The molecule has 2 N–H and O–H groups in total. The maximum absolute atomic E-state index is 11.3. The number of nitrogens with zero attached hydrogens (tertiary/aromatic N) is 2. The molecule has 17 heavy (non-hydrogen) atoms. The minimum atomic E-state index is -0.340. The molecule has 0 fully saturated rings. The lowest BCUT2D eigenvalue weighted by Crippen LogP contribution is -2.32. The molecule has 0 saturated heterocycles. The lowest BCUT2D eigenvalue weighted by molar-refractivity contribution is -0.133. The van der Waals surface area contributed by atoms with Crippen molar-refractivity contribution in [1.29, 1.82) is 0 Å². The molecular weight excluding hydrogens is 274 g/mol. The van der Waals surface area contributed by atoms with Gasteiger partial charge in [0.2, 0.25) is 11.2 Å². The summed E-state index contributed by atoms with van der Waals surface area (Å²) in [5.41, 5.74) is 0. The molecule has 0 atom stereocenters. The van der Waals surface area contributed by atoms with Crippen molar-refractivity contribution in [1.82, 2.24) is 15.3 Å². The zero-order chi connectivity index (χ0) is 12.7. The number of hydrogen-bond donors (Lipinski definition) is 2. The van der Waals surface area contributed by atoms with Crippen molar-refractivity contribution < 1.29 is 14.3 Å². The molecule has 1 aromatic rings. The van der Waals surface area contributed by atoms with Crippen LogP contribution in [-0.4, -0.2) is 35.6 Å². The average Bonchev–Trinajstić information content (AvgIpc) is 2.25. The van der Waals surface area contributed by atoms with Crippen LogP contribution in [0.3, 0.4) is 0 Å². The van der Waals surface area contributed by atoms with Gasteiger partial charge in [-0.15, -0.1) is 0 Å². The molecule has 6 nitrogen and oxygen atoms in total. The molecule has 9 heteroatoms. The number of nitrogens with one attached hydrogen (secondary N) is 2. The van der Waals surface area contributed by atoms with Crippen molar-refractivity contribution in [3.8, 4) is 0 Å². The molecule has 94 valence electrons. The molecule has 0 aliphatic rings. The highest BCUT2D eigenvalue weighted by Gasteiger charge is 2.04. The topological polar surface area (TPSA) is 76.1 Å². The third-order valence-electron chi connectivity index (χ3n) is 1.60. The fourth-order valence-electron chi connectivity index (χ4n) is 0.943. The summed E-state index contributed by atoms with van der Waals surface area (Å²) >= 11 is 11.2. The summed E-state index contributed by atoms with van der Waals surface area (Å²) in [5, 5.41) is 5.24. The van der Waals surface area contributed by atoms with Crippen molar-refractivity contribution >= 4 is 34.9 Å². The van der Waals surface area contributed by atoms with E-state index in [4.69, 9.17) is 23.2 Å². The van der Waals surface area contributed by atoms with Gasteiger partial charge < -0.3 is 10.6 Å². The standard InChI is InChI=1S/C8H9Cl2FN4O2/c9-5-3-6(15-8(10)14-5)13-4-7(16)12-1-2-17-11/h3H,1-2,4H2,(H,12,16)(H,13,14,15). The van der Waals surface area contributed by atoms with Crippen molar-refractivity contribution in [3.63, 3.8) is 0 Å². The van der Waals surface area contributed by atoms with Gasteiger partial charge in [-0.1, -0.05) is 11.6 Å². The van der Waals surface area contributed by atoms with Gasteiger partial charge in [0, 0.05) is 12.6 Å². The lowest BCUT2D eigenvalue weighted by atomic mass is 10.5. The van der Waals surface area contributed by atoms with Gasteiger partial charge in [0.25, 0.3) is 0 Å². The number of rotatable bonds is 6. The Kier molecular flexibility index (Phi) is 5.88. The molecule has 0 aromatic carbocycles. The van der Waals surface area contributed by atoms with Gasteiger partial charge in [0.15, 0.2) is 0 Å². The van der Waals surface area contributed by atoms with Crippen LogP contribution in [0.15, 0.2) is 6.07 Å². The molecular formula is C8H9Cl2FN4O2. The van der Waals surface area contributed by atoms with Crippen molar-refractivity contribution in [2.24, 2.45) is 0 Å². The predicted molar refractivity (Wildman–Crippen MR) is 60.6 cm³/mol. The first kappa shape index (κ1) is 13.9. The van der Waals surface area contributed by atoms with E-state index in [-0.39, 0.29) is 36.0 Å². The van der Waals surface area contributed by atoms with Gasteiger partial charge >= 0.3 is 0 Å². The number of halogens is 3. The molecule has 1 heterocycles. The highest BCUT2D eigenvalue weighted by molar-refractivity contribution is 6.32. The van der Waals surface area contributed by atoms with E-state index in [0.29, 0.717) is 5.82 Å². The number of carbonyl (C=O) groups is 1. The van der Waals surface area contributed by atoms with E-state index in [1.165, 1.54) is 6.07 Å². The minimum Gasteiger partial charge on any atom is -0.361 e. The number of aromatic nitrogens is 2. The molecule has 0 spiro atoms. The van der Waals surface area contributed by atoms with Crippen molar-refractivity contribution in [3.05, 3.63) is 16.5 Å². The number of carbonyl (C=O) groups excluding carboxylic acids is 1. The fraction of sp³-hybridized carbons (Fsp3) is 0.375. The fourth-order valence-corrected chi connectivity index (χ4v) is 1.35. The number of amides is 1. The van der Waals surface area contributed by atoms with E-state index in [0.717, 1.165) is 0 Å². The Bertz CT molecular complexity index is 374. The first-order chi connectivity index (χ1) is 8.11. The summed E-state index contributed by atoms with van der Waals surface area (Å²) < 4.78 is 11.3. The van der Waals surface area contributed by atoms with E-state index in [1.807, 2.05) is 0 Å². The van der Waals surface area contributed by atoms with Crippen molar-refractivity contribution in [2.45, 2.75) is 0 Å². The summed E-state index contributed by atoms with van der Waals surface area (Å²) in [7, 11) is 0. The molecule has 0 unspecified atom stereocenters. The van der Waals surface area contributed by atoms with Gasteiger partial charge in [-0.05, 0) is 16.1 Å². The summed E-state index contributed by atoms with van der Waals surface area (Å²) in [6.07, 6.45) is 0. The van der Waals surface area contributed by atoms with Crippen LogP contribution in [0.5, 0.6) is 0 Å². The SMILES string of the molecule is O=C(CNc1cc(Cl)nc(Cl)n1)NCCOF. The molecule has 0 bridgehead atoms. The largest absolute Gasteiger partial charge is 0.361 e. The molecule has 1 amide bonds. The zero-order valence-corrected chi connectivity index (χ0v) is 10.1. The Morgan fingerprint density at radius 1 is 1.47 bits per heavy atom. The molecule has 1 aromatic heterocycles. The van der Waals surface area contributed by atoms with Crippen LogP contribution in [0.1, 0.15) is 0 Å². The maximum atomic E-state index is 11.3. The normalized spacial score (nSPS) is 10.1. The predicted octanol–water partition coefficient (Wildman–Crippen LogP) is 1.21. The smallest absolute Gasteiger partial charge is 0.239 e. The monoisotopic (exact) mass is 282 g/mol. The van der Waals surface area contributed by atoms with Crippen molar-refractivity contribution in [2.75, 3.05) is 25.0 Å². The van der Waals surface area contributed by atoms with E-state index >= 15 is 0 Å². The summed E-state index contributed by atoms with van der Waals surface area (Å²) in [6.45, 7) is -0.158. The molecule has 1 rings (SSSR count). The molecule has 0 aliphatic carbocycles. The molecule has 0 radical (unpaired) electrons. The Morgan fingerprint density at radius 2 is 2.24 bits per heavy atom. The highest BCUT2D eigenvalue weighted by Crippen LogP contribution is 2.13. The highest BCUT2D eigenvalue weighted by atomic mass is 35.5. The van der Waals surface area contributed by atoms with Gasteiger partial charge in [-0.2, -0.15) is 4.94 Å². The van der Waals surface area contributed by atoms with Gasteiger partial charge in [0.05, 0.1) is 6.54 Å². The van der Waals surface area contributed by atoms with Crippen LogP contribution >= 0.6 is 23.2 Å². The Hall–Kier alpha value is -1.18. The number of hydrogen-bond acceptors (Lipinski definition) is 5. The summed E-state index contributed by atoms with van der Waals surface area (Å²) in [4.78, 5) is 21.9. The van der Waals surface area contributed by atoms with Crippen LogP contribution in [0, 0.1) is 0 Å². The van der Waals surface area contributed by atoms with Crippen LogP contribution in [-0.2, 0) is 9.74 Å². The summed E-state index contributed by atoms with van der Waals surface area (Å²) in [5.74, 6) is -0.0141. The second-order valence-corrected chi connectivity index (χ2v) is 3.59. The maximum Gasteiger partial charge on any atom is 0.239 e. The minimum absolute atomic E-state index is 0.0220. The quantitative estimate of drug-likeness (QED) is 0.466. The first-order valence-corrected chi connectivity index (χ1v) is 5.31. The zero-order valence-electron chi connectivity index (χ0n) is 8.54. The van der Waals surface area contributed by atoms with Gasteiger partial charge in [0.1, 0.15) is 17.6 Å². The summed E-state index contributed by atoms with van der Waals surface area (Å²) in [6, 6.07) is 1.42. The second-order valence-electron chi connectivity index (χ2n) is 2.86. The third-order valence-corrected chi connectivity index (χ3v) is 1.96. The van der Waals surface area contributed by atoms with Gasteiger partial charge in [-0.25, -0.2) is 9.97 Å². The van der Waals surface area contributed by atoms with Crippen LogP contribution in [0.2, 0.25) is 10.4 Å². The second kappa shape index (κ2) is 7.21. The Labute approximate surface area is 106 Å². The third kappa shape index (κ3) is 5.62. The van der Waals surface area contributed by atoms with Crippen LogP contribution in [0.4, 0.5) is 10.3 Å². The average molecular weight is 283 g/mol. The van der Waals surface area contributed by atoms with Gasteiger partial charge in [-0.3, -0.25) is 4.79 Å².